The van der Waals surface area contributed by atoms with Crippen LogP contribution in [0.25, 0.3) is 0 Å². The Bertz CT molecular complexity index is 746. The molecule has 1 heterocycles. The second-order valence-corrected chi connectivity index (χ2v) is 9.81. The quantitative estimate of drug-likeness (QED) is 0.500. The van der Waals surface area contributed by atoms with E-state index in [-0.39, 0.29) is 30.1 Å². The molecule has 7 atom stereocenters. The highest BCUT2D eigenvalue weighted by molar-refractivity contribution is 7.85. The monoisotopic (exact) mass is 422 g/mol. The summed E-state index contributed by atoms with van der Waals surface area (Å²) in [6.45, 7) is 1.84. The third-order valence-electron chi connectivity index (χ3n) is 5.87. The Kier molecular flexibility index (Phi) is 7.49. The van der Waals surface area contributed by atoms with Gasteiger partial charge in [-0.3, -0.25) is 9.00 Å². The van der Waals surface area contributed by atoms with Crippen molar-refractivity contribution in [3.63, 3.8) is 0 Å². The zero-order valence-electron chi connectivity index (χ0n) is 16.6. The van der Waals surface area contributed by atoms with Crippen LogP contribution in [-0.2, 0) is 20.3 Å². The molecule has 0 saturated heterocycles. The molecule has 1 aliphatic carbocycles. The SMILES string of the molecule is C[C@H]1CCC/C=C/[C@@H]2C[C@H](O)C[C@H]2[C@H](O)[C@H](S(=O)c2ccc(O)cc2)CC(=O)O1. The second-order valence-electron chi connectivity index (χ2n) is 8.14. The molecule has 3 N–H and O–H groups in total. The minimum Gasteiger partial charge on any atom is -0.508 e. The van der Waals surface area contributed by atoms with Gasteiger partial charge in [-0.05, 0) is 75.1 Å². The van der Waals surface area contributed by atoms with Gasteiger partial charge in [-0.25, -0.2) is 0 Å². The van der Waals surface area contributed by atoms with Crippen LogP contribution in [0.1, 0.15) is 45.4 Å². The molecule has 0 amide bonds. The number of carbonyl (C=O) groups excluding carboxylic acids is 1. The van der Waals surface area contributed by atoms with Crippen LogP contribution >= 0.6 is 0 Å². The smallest absolute Gasteiger partial charge is 0.307 e. The van der Waals surface area contributed by atoms with Crippen molar-refractivity contribution in [2.45, 2.75) is 73.9 Å². The molecule has 1 saturated carbocycles. The predicted molar refractivity (Wildman–Crippen MR) is 110 cm³/mol. The maximum atomic E-state index is 13.3. The lowest BCUT2D eigenvalue weighted by molar-refractivity contribution is -0.149. The van der Waals surface area contributed by atoms with Gasteiger partial charge in [0.25, 0.3) is 0 Å². The van der Waals surface area contributed by atoms with Crippen molar-refractivity contribution in [1.29, 1.82) is 0 Å². The zero-order chi connectivity index (χ0) is 21.0. The summed E-state index contributed by atoms with van der Waals surface area (Å²) in [5.74, 6) is -0.721. The minimum absolute atomic E-state index is 0.0199. The number of aliphatic hydroxyl groups is 2. The summed E-state index contributed by atoms with van der Waals surface area (Å²) in [5.41, 5.74) is 0. The van der Waals surface area contributed by atoms with Crippen molar-refractivity contribution in [2.75, 3.05) is 0 Å². The summed E-state index contributed by atoms with van der Waals surface area (Å²) in [7, 11) is -1.68. The van der Waals surface area contributed by atoms with Gasteiger partial charge in [-0.15, -0.1) is 0 Å². The molecule has 3 rings (SSSR count). The Morgan fingerprint density at radius 1 is 1.14 bits per heavy atom. The van der Waals surface area contributed by atoms with Gasteiger partial charge in [0.2, 0.25) is 0 Å². The summed E-state index contributed by atoms with van der Waals surface area (Å²) in [6, 6.07) is 5.94. The number of hydrogen-bond donors (Lipinski definition) is 3. The highest BCUT2D eigenvalue weighted by Crippen LogP contribution is 2.39. The maximum Gasteiger partial charge on any atom is 0.307 e. The lowest BCUT2D eigenvalue weighted by atomic mass is 9.87. The molecule has 0 radical (unpaired) electrons. The number of aliphatic hydroxyl groups excluding tert-OH is 2. The normalized spacial score (nSPS) is 36.0. The van der Waals surface area contributed by atoms with Crippen LogP contribution in [-0.4, -0.2) is 49.1 Å². The highest BCUT2D eigenvalue weighted by Gasteiger charge is 2.42. The van der Waals surface area contributed by atoms with Crippen molar-refractivity contribution < 1.29 is 29.1 Å². The lowest BCUT2D eigenvalue weighted by Crippen LogP contribution is -2.40. The molecule has 29 heavy (non-hydrogen) atoms. The Balaban J connectivity index is 1.91. The number of phenolic OH excluding ortho intramolecular Hbond substituents is 1. The minimum atomic E-state index is -1.68. The Hall–Kier alpha value is -1.70. The van der Waals surface area contributed by atoms with Crippen molar-refractivity contribution in [3.8, 4) is 5.75 Å². The third-order valence-corrected chi connectivity index (χ3v) is 7.60. The van der Waals surface area contributed by atoms with Crippen molar-refractivity contribution >= 4 is 16.8 Å². The summed E-state index contributed by atoms with van der Waals surface area (Å²) in [5, 5.41) is 30.0. The highest BCUT2D eigenvalue weighted by atomic mass is 32.2. The predicted octanol–water partition coefficient (Wildman–Crippen LogP) is 2.68. The van der Waals surface area contributed by atoms with Crippen molar-refractivity contribution in [3.05, 3.63) is 36.4 Å². The first kappa shape index (κ1) is 22.0. The number of fused-ring (bicyclic) bond motifs is 1. The number of cyclic esters (lactones) is 1. The second kappa shape index (κ2) is 9.87. The fraction of sp³-hybridized carbons (Fsp3) is 0.591. The summed E-state index contributed by atoms with van der Waals surface area (Å²) in [4.78, 5) is 13.0. The van der Waals surface area contributed by atoms with E-state index in [0.717, 1.165) is 19.3 Å². The average molecular weight is 423 g/mol. The van der Waals surface area contributed by atoms with Crippen LogP contribution in [0.15, 0.2) is 41.3 Å². The Labute approximate surface area is 174 Å². The molecule has 7 heteroatoms. The molecule has 1 aromatic carbocycles. The van der Waals surface area contributed by atoms with Crippen molar-refractivity contribution in [1.82, 2.24) is 0 Å². The number of esters is 1. The first-order valence-electron chi connectivity index (χ1n) is 10.3. The van der Waals surface area contributed by atoms with Gasteiger partial charge in [0.1, 0.15) is 5.75 Å². The van der Waals surface area contributed by atoms with Crippen LogP contribution in [0.5, 0.6) is 5.75 Å². The van der Waals surface area contributed by atoms with E-state index in [2.05, 4.69) is 12.2 Å². The van der Waals surface area contributed by atoms with E-state index < -0.39 is 34.2 Å². The topological polar surface area (TPSA) is 104 Å². The van der Waals surface area contributed by atoms with Gasteiger partial charge in [0, 0.05) is 4.90 Å². The van der Waals surface area contributed by atoms with Crippen LogP contribution in [0, 0.1) is 11.8 Å². The summed E-state index contributed by atoms with van der Waals surface area (Å²) < 4.78 is 18.8. The van der Waals surface area contributed by atoms with Crippen LogP contribution in [0.4, 0.5) is 0 Å². The largest absolute Gasteiger partial charge is 0.508 e. The molecular formula is C22H30O6S. The lowest BCUT2D eigenvalue weighted by Gasteiger charge is -2.29. The van der Waals surface area contributed by atoms with E-state index >= 15 is 0 Å². The molecular weight excluding hydrogens is 392 g/mol. The van der Waals surface area contributed by atoms with Crippen LogP contribution in [0.2, 0.25) is 0 Å². The first-order valence-corrected chi connectivity index (χ1v) is 11.5. The number of allylic oxidation sites excluding steroid dienone is 2. The number of ether oxygens (including phenoxy) is 1. The summed E-state index contributed by atoms with van der Waals surface area (Å²) in [6.07, 6.45) is 5.60. The fourth-order valence-corrected chi connectivity index (χ4v) is 5.83. The number of phenols is 1. The molecule has 2 aliphatic rings. The number of rotatable bonds is 2. The zero-order valence-corrected chi connectivity index (χ0v) is 17.5. The van der Waals surface area contributed by atoms with E-state index in [4.69, 9.17) is 4.74 Å². The van der Waals surface area contributed by atoms with Crippen molar-refractivity contribution in [2.24, 2.45) is 11.8 Å². The Morgan fingerprint density at radius 3 is 2.59 bits per heavy atom. The maximum absolute atomic E-state index is 13.3. The summed E-state index contributed by atoms with van der Waals surface area (Å²) >= 11 is 0. The average Bonchev–Trinajstić information content (AvgIpc) is 3.05. The van der Waals surface area contributed by atoms with Gasteiger partial charge in [0.15, 0.2) is 0 Å². The standard InChI is InChI=1S/C22H30O6S/c1-14-5-3-2-4-6-15-11-17(24)12-19(15)22(26)20(13-21(25)28-14)29(27)18-9-7-16(23)8-10-18/h4,6-10,14-15,17,19-20,22-24,26H,2-3,5,11-13H2,1H3/b6-4+/t14-,15+,17-,19+,20+,22-,29?/m0/s1. The number of benzene rings is 1. The number of carbonyl (C=O) groups is 1. The molecule has 0 spiro atoms. The van der Waals surface area contributed by atoms with Gasteiger partial charge in [-0.2, -0.15) is 0 Å². The number of hydrogen-bond acceptors (Lipinski definition) is 6. The van der Waals surface area contributed by atoms with Gasteiger partial charge < -0.3 is 20.1 Å². The molecule has 1 fully saturated rings. The van der Waals surface area contributed by atoms with Gasteiger partial charge >= 0.3 is 5.97 Å². The van der Waals surface area contributed by atoms with E-state index in [1.807, 2.05) is 6.92 Å². The van der Waals surface area contributed by atoms with E-state index in [0.29, 0.717) is 17.7 Å². The Morgan fingerprint density at radius 2 is 1.86 bits per heavy atom. The van der Waals surface area contributed by atoms with Gasteiger partial charge in [0.05, 0.1) is 40.8 Å². The van der Waals surface area contributed by atoms with Crippen LogP contribution in [0.3, 0.4) is 0 Å². The molecule has 1 unspecified atom stereocenters. The molecule has 6 nitrogen and oxygen atoms in total. The molecule has 0 aromatic heterocycles. The van der Waals surface area contributed by atoms with Crippen LogP contribution < -0.4 is 0 Å². The molecule has 160 valence electrons. The molecule has 1 aliphatic heterocycles. The van der Waals surface area contributed by atoms with E-state index in [1.54, 1.807) is 0 Å². The van der Waals surface area contributed by atoms with Gasteiger partial charge in [-0.1, -0.05) is 12.2 Å². The molecule has 0 bridgehead atoms. The van der Waals surface area contributed by atoms with E-state index in [9.17, 15) is 24.3 Å². The molecule has 1 aromatic rings. The van der Waals surface area contributed by atoms with E-state index in [1.165, 1.54) is 24.3 Å². The first-order chi connectivity index (χ1) is 13.8. The third kappa shape index (κ3) is 5.68. The number of aromatic hydroxyl groups is 1. The fourth-order valence-electron chi connectivity index (χ4n) is 4.33.